The van der Waals surface area contributed by atoms with E-state index in [0.29, 0.717) is 73.7 Å². The Balaban J connectivity index is 1.83. The third-order valence-corrected chi connectivity index (χ3v) is 8.32. The summed E-state index contributed by atoms with van der Waals surface area (Å²) in [5.41, 5.74) is 1.16. The Morgan fingerprint density at radius 3 is 2.57 bits per heavy atom. The number of rotatable bonds is 9. The molecule has 0 spiro atoms. The molecule has 3 aromatic rings. The van der Waals surface area contributed by atoms with E-state index in [0.717, 1.165) is 6.42 Å². The second-order valence-electron chi connectivity index (χ2n) is 8.76. The summed E-state index contributed by atoms with van der Waals surface area (Å²) in [5.74, 6) is 1.47. The number of H-pyrrole nitrogens is 1. The maximum absolute atomic E-state index is 13.4. The number of sulfonamides is 1. The summed E-state index contributed by atoms with van der Waals surface area (Å²) in [7, 11) is -3.77. The zero-order valence-corrected chi connectivity index (χ0v) is 21.3. The zero-order chi connectivity index (χ0) is 25.2. The van der Waals surface area contributed by atoms with Crippen molar-refractivity contribution in [2.45, 2.75) is 57.8 Å². The van der Waals surface area contributed by atoms with Crippen molar-refractivity contribution in [2.75, 3.05) is 26.3 Å². The molecule has 4 rings (SSSR count). The summed E-state index contributed by atoms with van der Waals surface area (Å²) in [6, 6.07) is 4.64. The van der Waals surface area contributed by atoms with Crippen LogP contribution in [0, 0.1) is 5.92 Å². The van der Waals surface area contributed by atoms with Crippen LogP contribution in [0.3, 0.4) is 0 Å². The molecule has 0 bridgehead atoms. The van der Waals surface area contributed by atoms with Crippen LogP contribution in [0.25, 0.3) is 16.9 Å². The van der Waals surface area contributed by atoms with Gasteiger partial charge in [-0.15, -0.1) is 5.10 Å². The van der Waals surface area contributed by atoms with Gasteiger partial charge in [-0.1, -0.05) is 13.8 Å². The molecule has 190 valence electrons. The number of aliphatic hydroxyl groups is 1. The lowest BCUT2D eigenvalue weighted by molar-refractivity contribution is 0.170. The van der Waals surface area contributed by atoms with Gasteiger partial charge >= 0.3 is 0 Å². The Labute approximate surface area is 205 Å². The quantitative estimate of drug-likeness (QED) is 0.459. The van der Waals surface area contributed by atoms with Crippen LogP contribution < -0.4 is 10.3 Å². The molecule has 2 N–H and O–H groups in total. The molecule has 35 heavy (non-hydrogen) atoms. The predicted octanol–water partition coefficient (Wildman–Crippen LogP) is 2.39. The van der Waals surface area contributed by atoms with E-state index in [-0.39, 0.29) is 28.8 Å². The summed E-state index contributed by atoms with van der Waals surface area (Å²) >= 11 is 0. The molecule has 1 fully saturated rings. The highest BCUT2D eigenvalue weighted by atomic mass is 32.2. The van der Waals surface area contributed by atoms with E-state index in [4.69, 9.17) is 4.74 Å². The smallest absolute Gasteiger partial charge is 0.277 e. The van der Waals surface area contributed by atoms with E-state index in [2.05, 4.69) is 15.1 Å². The van der Waals surface area contributed by atoms with Crippen molar-refractivity contribution in [1.82, 2.24) is 23.9 Å². The number of imidazole rings is 1. The molecule has 2 aromatic heterocycles. The highest BCUT2D eigenvalue weighted by Crippen LogP contribution is 2.32. The molecule has 0 amide bonds. The van der Waals surface area contributed by atoms with Gasteiger partial charge in [0.25, 0.3) is 5.56 Å². The summed E-state index contributed by atoms with van der Waals surface area (Å²) in [6.07, 6.45) is 3.34. The monoisotopic (exact) mass is 503 g/mol. The summed E-state index contributed by atoms with van der Waals surface area (Å²) in [4.78, 5) is 20.6. The molecule has 10 nitrogen and oxygen atoms in total. The molecule has 1 aromatic carbocycles. The van der Waals surface area contributed by atoms with Crippen LogP contribution in [0.2, 0.25) is 0 Å². The number of nitrogens with zero attached hydrogens (tertiary/aromatic N) is 4. The summed E-state index contributed by atoms with van der Waals surface area (Å²) in [6.45, 7) is 6.95. The highest BCUT2D eigenvalue weighted by molar-refractivity contribution is 7.89. The van der Waals surface area contributed by atoms with Crippen LogP contribution in [0.5, 0.6) is 5.75 Å². The molecule has 11 heteroatoms. The van der Waals surface area contributed by atoms with Gasteiger partial charge in [-0.2, -0.15) is 4.31 Å². The van der Waals surface area contributed by atoms with E-state index in [1.165, 1.54) is 16.4 Å². The highest BCUT2D eigenvalue weighted by Gasteiger charge is 2.30. The van der Waals surface area contributed by atoms with Crippen molar-refractivity contribution in [2.24, 2.45) is 5.92 Å². The molecule has 0 radical (unpaired) electrons. The molecule has 0 saturated carbocycles. The van der Waals surface area contributed by atoms with E-state index in [1.807, 2.05) is 20.8 Å². The first-order valence-electron chi connectivity index (χ1n) is 12.2. The van der Waals surface area contributed by atoms with Crippen molar-refractivity contribution >= 4 is 15.5 Å². The van der Waals surface area contributed by atoms with E-state index in [9.17, 15) is 18.3 Å². The van der Waals surface area contributed by atoms with Crippen LogP contribution in [-0.2, 0) is 22.9 Å². The maximum Gasteiger partial charge on any atom is 0.277 e. The minimum absolute atomic E-state index is 0.0661. The second kappa shape index (κ2) is 10.5. The number of benzene rings is 1. The minimum atomic E-state index is -3.77. The average Bonchev–Trinajstić information content (AvgIpc) is 3.22. The first kappa shape index (κ1) is 25.3. The molecular weight excluding hydrogens is 470 g/mol. The standard InChI is InChI=1S/C24H33N5O5S/c1-4-7-21-25-19(5-2)22-24(31)26-23(27-29(21)22)18-14-17(8-9-20(18)34-6-3)35(32,33)28-12-10-16(15-30)11-13-28/h8-9,14,16,30H,4-7,10-13,15H2,1-3H3,(H,26,27,31). The van der Waals surface area contributed by atoms with Crippen LogP contribution in [0.4, 0.5) is 0 Å². The van der Waals surface area contributed by atoms with Crippen LogP contribution in [0.1, 0.15) is 51.6 Å². The lowest BCUT2D eigenvalue weighted by atomic mass is 10.00. The number of nitrogens with one attached hydrogen (secondary N) is 1. The van der Waals surface area contributed by atoms with E-state index < -0.39 is 10.0 Å². The molecular formula is C24H33N5O5S. The van der Waals surface area contributed by atoms with Crippen LogP contribution in [-0.4, -0.2) is 63.7 Å². The van der Waals surface area contributed by atoms with Gasteiger partial charge in [0.15, 0.2) is 11.3 Å². The van der Waals surface area contributed by atoms with Gasteiger partial charge < -0.3 is 14.8 Å². The minimum Gasteiger partial charge on any atom is -0.493 e. The Morgan fingerprint density at radius 1 is 1.20 bits per heavy atom. The normalized spacial score (nSPS) is 15.7. The van der Waals surface area contributed by atoms with Gasteiger partial charge in [0, 0.05) is 26.1 Å². The third kappa shape index (κ3) is 4.85. The molecule has 3 heterocycles. The van der Waals surface area contributed by atoms with E-state index >= 15 is 0 Å². The number of piperidine rings is 1. The molecule has 1 aliphatic heterocycles. The lowest BCUT2D eigenvalue weighted by Crippen LogP contribution is -2.39. The molecule has 1 saturated heterocycles. The SMILES string of the molecule is CCCc1nc(CC)c2c(=O)[nH]c(-c3cc(S(=O)(=O)N4CCC(CO)CC4)ccc3OCC)nn12. The first-order valence-corrected chi connectivity index (χ1v) is 13.7. The number of aromatic amines is 1. The maximum atomic E-state index is 13.4. The molecule has 0 aliphatic carbocycles. The third-order valence-electron chi connectivity index (χ3n) is 6.42. The number of ether oxygens (including phenoxy) is 1. The Morgan fingerprint density at radius 2 is 1.94 bits per heavy atom. The fourth-order valence-corrected chi connectivity index (χ4v) is 6.00. The Hall–Kier alpha value is -2.76. The molecule has 0 unspecified atom stereocenters. The number of hydrogen-bond acceptors (Lipinski definition) is 7. The van der Waals surface area contributed by atoms with Gasteiger partial charge in [0.1, 0.15) is 11.6 Å². The van der Waals surface area contributed by atoms with Crippen molar-refractivity contribution < 1.29 is 18.3 Å². The van der Waals surface area contributed by atoms with Gasteiger partial charge in [0.2, 0.25) is 10.0 Å². The Kier molecular flexibility index (Phi) is 7.58. The average molecular weight is 504 g/mol. The van der Waals surface area contributed by atoms with Gasteiger partial charge in [-0.25, -0.2) is 17.9 Å². The van der Waals surface area contributed by atoms with Crippen LogP contribution in [0.15, 0.2) is 27.9 Å². The van der Waals surface area contributed by atoms with Crippen molar-refractivity contribution in [3.05, 3.63) is 40.1 Å². The number of fused-ring (bicyclic) bond motifs is 1. The molecule has 1 aliphatic rings. The lowest BCUT2D eigenvalue weighted by Gasteiger charge is -2.30. The van der Waals surface area contributed by atoms with Gasteiger partial charge in [0.05, 0.1) is 22.8 Å². The topological polar surface area (TPSA) is 130 Å². The summed E-state index contributed by atoms with van der Waals surface area (Å²) < 4.78 is 35.6. The van der Waals surface area contributed by atoms with E-state index in [1.54, 1.807) is 10.6 Å². The first-order chi connectivity index (χ1) is 16.8. The fraction of sp³-hybridized carbons (Fsp3) is 0.542. The second-order valence-corrected chi connectivity index (χ2v) is 10.7. The number of aryl methyl sites for hydroxylation is 2. The number of hydrogen-bond donors (Lipinski definition) is 2. The number of aromatic nitrogens is 4. The fourth-order valence-electron chi connectivity index (χ4n) is 4.50. The summed E-state index contributed by atoms with van der Waals surface area (Å²) in [5, 5.41) is 14.1. The Bertz CT molecular complexity index is 1360. The number of aliphatic hydroxyl groups excluding tert-OH is 1. The van der Waals surface area contributed by atoms with Crippen molar-refractivity contribution in [1.29, 1.82) is 0 Å². The van der Waals surface area contributed by atoms with Crippen LogP contribution >= 0.6 is 0 Å². The largest absolute Gasteiger partial charge is 0.493 e. The van der Waals surface area contributed by atoms with Gasteiger partial charge in [-0.3, -0.25) is 4.79 Å². The predicted molar refractivity (Wildman–Crippen MR) is 132 cm³/mol. The van der Waals surface area contributed by atoms with Crippen molar-refractivity contribution in [3.8, 4) is 17.1 Å². The van der Waals surface area contributed by atoms with Crippen molar-refractivity contribution in [3.63, 3.8) is 0 Å². The molecule has 0 atom stereocenters. The zero-order valence-electron chi connectivity index (χ0n) is 20.5. The van der Waals surface area contributed by atoms with Gasteiger partial charge in [-0.05, 0) is 56.7 Å².